The predicted octanol–water partition coefficient (Wildman–Crippen LogP) is 3.20. The van der Waals surface area contributed by atoms with Crippen LogP contribution in [-0.4, -0.2) is 31.7 Å². The van der Waals surface area contributed by atoms with Crippen molar-refractivity contribution in [2.75, 3.05) is 19.2 Å². The van der Waals surface area contributed by atoms with Crippen LogP contribution < -0.4 is 20.1 Å². The van der Waals surface area contributed by atoms with Crippen LogP contribution >= 0.6 is 0 Å². The van der Waals surface area contributed by atoms with Gasteiger partial charge in [-0.25, -0.2) is 4.79 Å². The number of nitrogens with one attached hydrogen (secondary N) is 2. The molecule has 2 heterocycles. The monoisotopic (exact) mass is 434 g/mol. The maximum atomic E-state index is 13.0. The van der Waals surface area contributed by atoms with Crippen LogP contribution in [0.15, 0.2) is 71.0 Å². The molecule has 1 aliphatic heterocycles. The highest BCUT2D eigenvalue weighted by Gasteiger charge is 2.19. The highest BCUT2D eigenvalue weighted by Crippen LogP contribution is 2.33. The molecule has 1 aromatic heterocycles. The lowest BCUT2D eigenvalue weighted by Crippen LogP contribution is -2.30. The molecule has 3 aromatic rings. The van der Waals surface area contributed by atoms with Crippen molar-refractivity contribution in [2.24, 2.45) is 0 Å². The molecule has 9 heteroatoms. The van der Waals surface area contributed by atoms with Crippen LogP contribution in [0.25, 0.3) is 6.08 Å². The molecule has 32 heavy (non-hydrogen) atoms. The van der Waals surface area contributed by atoms with Gasteiger partial charge in [-0.2, -0.15) is 0 Å². The second-order valence-corrected chi connectivity index (χ2v) is 6.63. The molecule has 162 valence electrons. The number of fused-ring (bicyclic) bond motifs is 1. The third-order valence-electron chi connectivity index (χ3n) is 4.49. The lowest BCUT2D eigenvalue weighted by atomic mass is 10.1. The van der Waals surface area contributed by atoms with E-state index < -0.39 is 17.8 Å². The number of carbonyl (C=O) groups excluding carboxylic acids is 3. The minimum absolute atomic E-state index is 0.0436. The van der Waals surface area contributed by atoms with E-state index in [0.29, 0.717) is 22.7 Å². The zero-order valence-corrected chi connectivity index (χ0v) is 16.9. The highest BCUT2D eigenvalue weighted by atomic mass is 16.7. The topological polar surface area (TPSA) is 116 Å². The zero-order chi connectivity index (χ0) is 22.5. The Hall–Kier alpha value is -4.53. The van der Waals surface area contributed by atoms with Gasteiger partial charge in [0, 0.05) is 5.69 Å². The molecule has 0 aliphatic carbocycles. The maximum Gasteiger partial charge on any atom is 0.337 e. The molecular weight excluding hydrogens is 416 g/mol. The van der Waals surface area contributed by atoms with Crippen LogP contribution in [-0.2, 0) is 9.53 Å². The number of esters is 1. The third-order valence-corrected chi connectivity index (χ3v) is 4.49. The fraction of sp³-hybridized carbons (Fsp3) is 0.0870. The fourth-order valence-corrected chi connectivity index (χ4v) is 2.96. The number of methoxy groups -OCH3 is 1. The summed E-state index contributed by atoms with van der Waals surface area (Å²) in [4.78, 5) is 37.3. The van der Waals surface area contributed by atoms with Gasteiger partial charge in [-0.05, 0) is 54.1 Å². The van der Waals surface area contributed by atoms with Gasteiger partial charge in [0.1, 0.15) is 5.70 Å². The number of rotatable bonds is 6. The highest BCUT2D eigenvalue weighted by molar-refractivity contribution is 6.10. The van der Waals surface area contributed by atoms with E-state index in [-0.39, 0.29) is 23.8 Å². The Morgan fingerprint density at radius 2 is 1.84 bits per heavy atom. The standard InChI is InChI=1S/C23H18N2O7/c1-29-23(28)15-4-2-5-16(12-15)24-21(26)17(25-22(27)19-6-3-9-30-19)10-14-7-8-18-20(11-14)32-13-31-18/h2-12H,13H2,1H3,(H,24,26)(H,25,27)/b17-10-. The summed E-state index contributed by atoms with van der Waals surface area (Å²) in [7, 11) is 1.27. The molecule has 2 amide bonds. The summed E-state index contributed by atoms with van der Waals surface area (Å²) in [5.74, 6) is -0.579. The smallest absolute Gasteiger partial charge is 0.337 e. The van der Waals surface area contributed by atoms with Gasteiger partial charge in [-0.3, -0.25) is 9.59 Å². The van der Waals surface area contributed by atoms with Gasteiger partial charge in [0.15, 0.2) is 17.3 Å². The SMILES string of the molecule is COC(=O)c1cccc(NC(=O)/C(=C/c2ccc3c(c2)OCO3)NC(=O)c2ccco2)c1. The Morgan fingerprint density at radius 1 is 1.00 bits per heavy atom. The number of anilines is 1. The molecule has 0 bridgehead atoms. The van der Waals surface area contributed by atoms with Crippen molar-refractivity contribution in [1.82, 2.24) is 5.32 Å². The molecule has 2 aromatic carbocycles. The van der Waals surface area contributed by atoms with E-state index in [1.165, 1.54) is 31.6 Å². The average Bonchev–Trinajstić information content (AvgIpc) is 3.50. The Balaban J connectivity index is 1.61. The van der Waals surface area contributed by atoms with Gasteiger partial charge in [0.05, 0.1) is 18.9 Å². The molecular formula is C23H18N2O7. The summed E-state index contributed by atoms with van der Waals surface area (Å²) in [6.07, 6.45) is 2.84. The van der Waals surface area contributed by atoms with Crippen molar-refractivity contribution in [3.05, 3.63) is 83.4 Å². The van der Waals surface area contributed by atoms with Crippen molar-refractivity contribution < 1.29 is 33.0 Å². The molecule has 0 spiro atoms. The van der Waals surface area contributed by atoms with Gasteiger partial charge in [0.25, 0.3) is 11.8 Å². The van der Waals surface area contributed by atoms with E-state index in [2.05, 4.69) is 10.6 Å². The van der Waals surface area contributed by atoms with Crippen LogP contribution in [0.5, 0.6) is 11.5 Å². The van der Waals surface area contributed by atoms with Crippen LogP contribution in [0.1, 0.15) is 26.5 Å². The van der Waals surface area contributed by atoms with Crippen LogP contribution in [0.2, 0.25) is 0 Å². The van der Waals surface area contributed by atoms with Gasteiger partial charge >= 0.3 is 5.97 Å². The molecule has 0 radical (unpaired) electrons. The number of benzene rings is 2. The van der Waals surface area contributed by atoms with E-state index >= 15 is 0 Å². The Kier molecular flexibility index (Phi) is 5.89. The number of hydrogen-bond donors (Lipinski definition) is 2. The molecule has 4 rings (SSSR count). The average molecular weight is 434 g/mol. The fourth-order valence-electron chi connectivity index (χ4n) is 2.96. The van der Waals surface area contributed by atoms with E-state index in [4.69, 9.17) is 18.6 Å². The molecule has 0 fully saturated rings. The van der Waals surface area contributed by atoms with E-state index in [9.17, 15) is 14.4 Å². The normalized spacial score (nSPS) is 12.2. The van der Waals surface area contributed by atoms with Gasteiger partial charge in [0.2, 0.25) is 6.79 Å². The minimum Gasteiger partial charge on any atom is -0.465 e. The first-order valence-corrected chi connectivity index (χ1v) is 9.49. The maximum absolute atomic E-state index is 13.0. The molecule has 0 unspecified atom stereocenters. The van der Waals surface area contributed by atoms with Crippen molar-refractivity contribution in [1.29, 1.82) is 0 Å². The summed E-state index contributed by atoms with van der Waals surface area (Å²) >= 11 is 0. The number of amides is 2. The number of furan rings is 1. The zero-order valence-electron chi connectivity index (χ0n) is 16.9. The summed E-state index contributed by atoms with van der Waals surface area (Å²) in [5.41, 5.74) is 1.17. The third kappa shape index (κ3) is 4.62. The summed E-state index contributed by atoms with van der Waals surface area (Å²) in [6, 6.07) is 14.4. The molecule has 9 nitrogen and oxygen atoms in total. The number of carbonyl (C=O) groups is 3. The molecule has 1 aliphatic rings. The second-order valence-electron chi connectivity index (χ2n) is 6.63. The van der Waals surface area contributed by atoms with E-state index in [0.717, 1.165) is 0 Å². The van der Waals surface area contributed by atoms with Gasteiger partial charge in [-0.15, -0.1) is 0 Å². The molecule has 0 saturated heterocycles. The Bertz CT molecular complexity index is 1200. The number of hydrogen-bond acceptors (Lipinski definition) is 7. The summed E-state index contributed by atoms with van der Waals surface area (Å²) in [6.45, 7) is 0.113. The van der Waals surface area contributed by atoms with E-state index in [1.54, 1.807) is 42.5 Å². The first-order valence-electron chi connectivity index (χ1n) is 9.49. The molecule has 2 N–H and O–H groups in total. The van der Waals surface area contributed by atoms with Crippen molar-refractivity contribution >= 4 is 29.5 Å². The Labute approximate surface area is 182 Å². The predicted molar refractivity (Wildman–Crippen MR) is 113 cm³/mol. The quantitative estimate of drug-likeness (QED) is 0.452. The lowest BCUT2D eigenvalue weighted by Gasteiger charge is -2.11. The minimum atomic E-state index is -0.607. The van der Waals surface area contributed by atoms with E-state index in [1.807, 2.05) is 0 Å². The van der Waals surface area contributed by atoms with Crippen LogP contribution in [0.3, 0.4) is 0 Å². The summed E-state index contributed by atoms with van der Waals surface area (Å²) in [5, 5.41) is 5.23. The Morgan fingerprint density at radius 3 is 2.62 bits per heavy atom. The van der Waals surface area contributed by atoms with Gasteiger partial charge < -0.3 is 29.3 Å². The summed E-state index contributed by atoms with van der Waals surface area (Å²) < 4.78 is 20.5. The lowest BCUT2D eigenvalue weighted by molar-refractivity contribution is -0.113. The second kappa shape index (κ2) is 9.09. The largest absolute Gasteiger partial charge is 0.465 e. The first kappa shape index (κ1) is 20.7. The van der Waals surface area contributed by atoms with Gasteiger partial charge in [-0.1, -0.05) is 12.1 Å². The number of ether oxygens (including phenoxy) is 3. The molecule has 0 atom stereocenters. The van der Waals surface area contributed by atoms with Crippen LogP contribution in [0.4, 0.5) is 5.69 Å². The van der Waals surface area contributed by atoms with Crippen LogP contribution in [0, 0.1) is 0 Å². The first-order chi connectivity index (χ1) is 15.5. The van der Waals surface area contributed by atoms with Crippen molar-refractivity contribution in [3.8, 4) is 11.5 Å². The van der Waals surface area contributed by atoms with Crippen molar-refractivity contribution in [2.45, 2.75) is 0 Å². The van der Waals surface area contributed by atoms with Crippen molar-refractivity contribution in [3.63, 3.8) is 0 Å². The molecule has 0 saturated carbocycles.